The Labute approximate surface area is 127 Å². The minimum Gasteiger partial charge on any atom is -0.394 e. The number of benzene rings is 1. The van der Waals surface area contributed by atoms with Crippen LogP contribution in [-0.2, 0) is 17.4 Å². The maximum Gasteiger partial charge on any atom is 0.416 e. The zero-order valence-electron chi connectivity index (χ0n) is 12.4. The third-order valence-corrected chi connectivity index (χ3v) is 4.17. The van der Waals surface area contributed by atoms with E-state index in [0.29, 0.717) is 18.4 Å². The number of alkyl halides is 3. The van der Waals surface area contributed by atoms with Crippen LogP contribution in [0.3, 0.4) is 0 Å². The van der Waals surface area contributed by atoms with Crippen LogP contribution in [0.1, 0.15) is 37.3 Å². The number of amides is 1. The predicted molar refractivity (Wildman–Crippen MR) is 76.1 cm³/mol. The fraction of sp³-hybridized carbons (Fsp3) is 0.562. The van der Waals surface area contributed by atoms with Gasteiger partial charge in [-0.15, -0.1) is 0 Å². The Kier molecular flexibility index (Phi) is 4.80. The second kappa shape index (κ2) is 6.28. The van der Waals surface area contributed by atoms with Gasteiger partial charge >= 0.3 is 6.18 Å². The predicted octanol–water partition coefficient (Wildman–Crippen LogP) is 2.92. The molecule has 1 aliphatic carbocycles. The zero-order chi connectivity index (χ0) is 16.4. The fourth-order valence-electron chi connectivity index (χ4n) is 2.37. The van der Waals surface area contributed by atoms with Crippen molar-refractivity contribution in [2.24, 2.45) is 5.92 Å². The number of carbonyl (C=O) groups is 1. The number of nitrogens with one attached hydrogen (secondary N) is 1. The molecule has 1 atom stereocenters. The Bertz CT molecular complexity index is 521. The first-order chi connectivity index (χ1) is 10.3. The van der Waals surface area contributed by atoms with Crippen LogP contribution in [0.25, 0.3) is 0 Å². The van der Waals surface area contributed by atoms with Crippen LogP contribution in [-0.4, -0.2) is 23.2 Å². The average Bonchev–Trinajstić information content (AvgIpc) is 3.24. The second-order valence-electron chi connectivity index (χ2n) is 5.93. The molecule has 22 heavy (non-hydrogen) atoms. The van der Waals surface area contributed by atoms with E-state index in [4.69, 9.17) is 0 Å². The Hall–Kier alpha value is -1.56. The SMILES string of the molecule is CC[C@@H](Cc1ccc(C(F)(F)F)cc1)C(=O)NC1(CO)CC1. The van der Waals surface area contributed by atoms with Crippen molar-refractivity contribution in [1.82, 2.24) is 5.32 Å². The molecular formula is C16H20F3NO2. The summed E-state index contributed by atoms with van der Waals surface area (Å²) < 4.78 is 37.6. The molecule has 1 fully saturated rings. The summed E-state index contributed by atoms with van der Waals surface area (Å²) in [6, 6.07) is 4.90. The molecule has 1 aromatic carbocycles. The summed E-state index contributed by atoms with van der Waals surface area (Å²) in [6.07, 6.45) is -1.83. The molecule has 6 heteroatoms. The van der Waals surface area contributed by atoms with Crippen molar-refractivity contribution >= 4 is 5.91 Å². The van der Waals surface area contributed by atoms with Crippen molar-refractivity contribution < 1.29 is 23.1 Å². The van der Waals surface area contributed by atoms with Gasteiger partial charge in [-0.25, -0.2) is 0 Å². The summed E-state index contributed by atoms with van der Waals surface area (Å²) >= 11 is 0. The van der Waals surface area contributed by atoms with Gasteiger partial charge in [0.2, 0.25) is 5.91 Å². The van der Waals surface area contributed by atoms with Crippen LogP contribution in [0.4, 0.5) is 13.2 Å². The first kappa shape index (κ1) is 16.8. The van der Waals surface area contributed by atoms with Crippen molar-refractivity contribution in [2.45, 2.75) is 44.3 Å². The molecule has 0 unspecified atom stereocenters. The van der Waals surface area contributed by atoms with Crippen LogP contribution >= 0.6 is 0 Å². The quantitative estimate of drug-likeness (QED) is 0.848. The van der Waals surface area contributed by atoms with Crippen LogP contribution in [0.15, 0.2) is 24.3 Å². The summed E-state index contributed by atoms with van der Waals surface area (Å²) in [5.41, 5.74) is -0.459. The Morgan fingerprint density at radius 1 is 1.32 bits per heavy atom. The molecule has 0 aliphatic heterocycles. The van der Waals surface area contributed by atoms with Crippen molar-refractivity contribution in [2.75, 3.05) is 6.61 Å². The van der Waals surface area contributed by atoms with E-state index in [1.165, 1.54) is 12.1 Å². The summed E-state index contributed by atoms with van der Waals surface area (Å²) in [6.45, 7) is 1.79. The highest BCUT2D eigenvalue weighted by molar-refractivity contribution is 5.80. The van der Waals surface area contributed by atoms with Crippen molar-refractivity contribution in [3.63, 3.8) is 0 Å². The topological polar surface area (TPSA) is 49.3 Å². The summed E-state index contributed by atoms with van der Waals surface area (Å²) in [5.74, 6) is -0.449. The maximum atomic E-state index is 12.5. The molecule has 1 aromatic rings. The molecule has 0 spiro atoms. The van der Waals surface area contributed by atoms with E-state index in [-0.39, 0.29) is 18.4 Å². The smallest absolute Gasteiger partial charge is 0.394 e. The average molecular weight is 315 g/mol. The van der Waals surface area contributed by atoms with Gasteiger partial charge in [0.25, 0.3) is 0 Å². The van der Waals surface area contributed by atoms with E-state index in [1.807, 2.05) is 6.92 Å². The largest absolute Gasteiger partial charge is 0.416 e. The molecule has 0 aromatic heterocycles. The third-order valence-electron chi connectivity index (χ3n) is 4.17. The van der Waals surface area contributed by atoms with Crippen LogP contribution in [0.2, 0.25) is 0 Å². The van der Waals surface area contributed by atoms with Crippen LogP contribution in [0, 0.1) is 5.92 Å². The molecule has 1 aliphatic rings. The third kappa shape index (κ3) is 4.00. The summed E-state index contributed by atoms with van der Waals surface area (Å²) in [7, 11) is 0. The van der Waals surface area contributed by atoms with E-state index in [1.54, 1.807) is 0 Å². The molecule has 1 amide bonds. The number of hydrogen-bond acceptors (Lipinski definition) is 2. The van der Waals surface area contributed by atoms with Gasteiger partial charge in [-0.05, 0) is 43.4 Å². The number of halogens is 3. The summed E-state index contributed by atoms with van der Waals surface area (Å²) in [4.78, 5) is 12.2. The molecule has 0 radical (unpaired) electrons. The van der Waals surface area contributed by atoms with Gasteiger partial charge in [-0.2, -0.15) is 13.2 Å². The molecular weight excluding hydrogens is 295 g/mol. The molecule has 0 bridgehead atoms. The fourth-order valence-corrected chi connectivity index (χ4v) is 2.37. The number of aliphatic hydroxyl groups is 1. The lowest BCUT2D eigenvalue weighted by Gasteiger charge is -2.20. The Morgan fingerprint density at radius 3 is 2.32 bits per heavy atom. The lowest BCUT2D eigenvalue weighted by atomic mass is 9.95. The van der Waals surface area contributed by atoms with Gasteiger partial charge in [0.15, 0.2) is 0 Å². The highest BCUT2D eigenvalue weighted by Crippen LogP contribution is 2.35. The standard InChI is InChI=1S/C16H20F3NO2/c1-2-12(14(22)20-15(10-21)7-8-15)9-11-3-5-13(6-4-11)16(17,18)19/h3-6,12,21H,2,7-10H2,1H3,(H,20,22)/t12-/m0/s1. The molecule has 1 saturated carbocycles. The maximum absolute atomic E-state index is 12.5. The number of hydrogen-bond donors (Lipinski definition) is 2. The van der Waals surface area contributed by atoms with E-state index < -0.39 is 17.3 Å². The highest BCUT2D eigenvalue weighted by Gasteiger charge is 2.44. The van der Waals surface area contributed by atoms with E-state index in [2.05, 4.69) is 5.32 Å². The lowest BCUT2D eigenvalue weighted by molar-refractivity contribution is -0.137. The van der Waals surface area contributed by atoms with Crippen molar-refractivity contribution in [1.29, 1.82) is 0 Å². The molecule has 0 heterocycles. The van der Waals surface area contributed by atoms with E-state index >= 15 is 0 Å². The normalized spacial score (nSPS) is 17.9. The Morgan fingerprint density at radius 2 is 1.91 bits per heavy atom. The first-order valence-electron chi connectivity index (χ1n) is 7.39. The van der Waals surface area contributed by atoms with Crippen LogP contribution < -0.4 is 5.32 Å². The van der Waals surface area contributed by atoms with Crippen molar-refractivity contribution in [3.8, 4) is 0 Å². The minimum absolute atomic E-state index is 0.0740. The van der Waals surface area contributed by atoms with Gasteiger partial charge in [0.05, 0.1) is 17.7 Å². The van der Waals surface area contributed by atoms with Crippen molar-refractivity contribution in [3.05, 3.63) is 35.4 Å². The molecule has 0 saturated heterocycles. The van der Waals surface area contributed by atoms with E-state index in [0.717, 1.165) is 25.0 Å². The van der Waals surface area contributed by atoms with Gasteiger partial charge in [-0.3, -0.25) is 4.79 Å². The second-order valence-corrected chi connectivity index (χ2v) is 5.93. The molecule has 3 nitrogen and oxygen atoms in total. The van der Waals surface area contributed by atoms with Gasteiger partial charge in [-0.1, -0.05) is 19.1 Å². The first-order valence-corrected chi connectivity index (χ1v) is 7.39. The number of rotatable bonds is 6. The van der Waals surface area contributed by atoms with E-state index in [9.17, 15) is 23.1 Å². The minimum atomic E-state index is -4.35. The molecule has 2 N–H and O–H groups in total. The Balaban J connectivity index is 1.99. The number of aliphatic hydroxyl groups excluding tert-OH is 1. The summed E-state index contributed by atoms with van der Waals surface area (Å²) in [5, 5.41) is 12.1. The van der Waals surface area contributed by atoms with Gasteiger partial charge in [0, 0.05) is 5.92 Å². The monoisotopic (exact) mass is 315 g/mol. The van der Waals surface area contributed by atoms with Crippen LogP contribution in [0.5, 0.6) is 0 Å². The highest BCUT2D eigenvalue weighted by atomic mass is 19.4. The number of carbonyl (C=O) groups excluding carboxylic acids is 1. The van der Waals surface area contributed by atoms with Gasteiger partial charge in [0.1, 0.15) is 0 Å². The molecule has 2 rings (SSSR count). The zero-order valence-corrected chi connectivity index (χ0v) is 12.4. The van der Waals surface area contributed by atoms with Gasteiger partial charge < -0.3 is 10.4 Å². The molecule has 122 valence electrons. The lowest BCUT2D eigenvalue weighted by Crippen LogP contribution is -2.43.